The Labute approximate surface area is 153 Å². The van der Waals surface area contributed by atoms with E-state index in [4.69, 9.17) is 4.42 Å². The van der Waals surface area contributed by atoms with Crippen LogP contribution in [0.25, 0.3) is 10.2 Å². The molecule has 2 heterocycles. The molecule has 0 radical (unpaired) electrons. The second-order valence-electron chi connectivity index (χ2n) is 5.61. The van der Waals surface area contributed by atoms with Crippen LogP contribution in [0.3, 0.4) is 0 Å². The van der Waals surface area contributed by atoms with Gasteiger partial charge >= 0.3 is 0 Å². The molecule has 26 heavy (non-hydrogen) atoms. The molecular weight excluding hydrogens is 378 g/mol. The van der Waals surface area contributed by atoms with E-state index >= 15 is 0 Å². The maximum absolute atomic E-state index is 12.1. The van der Waals surface area contributed by atoms with Crippen LogP contribution in [0.15, 0.2) is 45.9 Å². The lowest BCUT2D eigenvalue weighted by atomic mass is 10.3. The number of amides is 2. The van der Waals surface area contributed by atoms with Crippen molar-refractivity contribution in [2.45, 2.75) is 4.90 Å². The highest BCUT2D eigenvalue weighted by Gasteiger charge is 2.18. The minimum atomic E-state index is -3.32. The lowest BCUT2D eigenvalue weighted by Crippen LogP contribution is -2.34. The Kier molecular flexibility index (Phi) is 4.79. The van der Waals surface area contributed by atoms with Crippen LogP contribution < -0.4 is 5.32 Å². The summed E-state index contributed by atoms with van der Waals surface area (Å²) in [5, 5.41) is 2.94. The molecule has 8 nitrogen and oxygen atoms in total. The SMILES string of the molecule is CN(CC(=O)Nc1nc2ccc(S(C)(=O)=O)cc2s1)C(=O)c1ccco1. The molecule has 0 atom stereocenters. The van der Waals surface area contributed by atoms with Gasteiger partial charge in [-0.1, -0.05) is 11.3 Å². The summed E-state index contributed by atoms with van der Waals surface area (Å²) in [6.45, 7) is -0.177. The molecule has 0 saturated heterocycles. The van der Waals surface area contributed by atoms with Crippen LogP contribution in [-0.2, 0) is 14.6 Å². The van der Waals surface area contributed by atoms with Crippen LogP contribution in [0.1, 0.15) is 10.6 Å². The van der Waals surface area contributed by atoms with Gasteiger partial charge in [-0.15, -0.1) is 0 Å². The van der Waals surface area contributed by atoms with Crippen LogP contribution in [0, 0.1) is 0 Å². The molecule has 2 aromatic heterocycles. The number of aromatic nitrogens is 1. The van der Waals surface area contributed by atoms with E-state index in [2.05, 4.69) is 10.3 Å². The van der Waals surface area contributed by atoms with Gasteiger partial charge in [0, 0.05) is 13.3 Å². The molecule has 1 N–H and O–H groups in total. The van der Waals surface area contributed by atoms with Gasteiger partial charge in [0.25, 0.3) is 5.91 Å². The third-order valence-corrected chi connectivity index (χ3v) is 5.54. The molecule has 0 bridgehead atoms. The van der Waals surface area contributed by atoms with E-state index in [1.54, 1.807) is 12.1 Å². The van der Waals surface area contributed by atoms with Crippen LogP contribution in [0.2, 0.25) is 0 Å². The molecule has 0 unspecified atom stereocenters. The van der Waals surface area contributed by atoms with E-state index in [1.807, 2.05) is 0 Å². The van der Waals surface area contributed by atoms with Crippen molar-refractivity contribution in [3.8, 4) is 0 Å². The summed E-state index contributed by atoms with van der Waals surface area (Å²) >= 11 is 1.16. The predicted molar refractivity (Wildman–Crippen MR) is 97.0 cm³/mol. The van der Waals surface area contributed by atoms with Gasteiger partial charge in [0.1, 0.15) is 6.54 Å². The summed E-state index contributed by atoms with van der Waals surface area (Å²) in [4.78, 5) is 29.8. The Morgan fingerprint density at radius 2 is 2.08 bits per heavy atom. The zero-order valence-corrected chi connectivity index (χ0v) is 15.6. The number of likely N-dealkylation sites (N-methyl/N-ethyl adjacent to an activating group) is 1. The molecule has 3 aromatic rings. The molecule has 1 aromatic carbocycles. The first-order valence-corrected chi connectivity index (χ1v) is 10.1. The second-order valence-corrected chi connectivity index (χ2v) is 8.65. The quantitative estimate of drug-likeness (QED) is 0.710. The minimum Gasteiger partial charge on any atom is -0.459 e. The lowest BCUT2D eigenvalue weighted by Gasteiger charge is -2.14. The van der Waals surface area contributed by atoms with Crippen LogP contribution in [-0.4, -0.2) is 50.0 Å². The lowest BCUT2D eigenvalue weighted by molar-refractivity contribution is -0.116. The number of hydrogen-bond donors (Lipinski definition) is 1. The number of carbonyl (C=O) groups excluding carboxylic acids is 2. The number of thiazole rings is 1. The maximum atomic E-state index is 12.1. The van der Waals surface area contributed by atoms with Gasteiger partial charge in [-0.3, -0.25) is 9.59 Å². The second kappa shape index (κ2) is 6.89. The highest BCUT2D eigenvalue weighted by molar-refractivity contribution is 7.90. The molecule has 0 saturated carbocycles. The fourth-order valence-corrected chi connectivity index (χ4v) is 3.87. The summed E-state index contributed by atoms with van der Waals surface area (Å²) in [6.07, 6.45) is 2.51. The van der Waals surface area contributed by atoms with Crippen molar-refractivity contribution in [2.75, 3.05) is 25.2 Å². The standard InChI is InChI=1S/C16H15N3O5S2/c1-19(15(21)12-4-3-7-24-12)9-14(20)18-16-17-11-6-5-10(26(2,22)23)8-13(11)25-16/h3-8H,9H2,1-2H3,(H,17,18,20). The molecule has 0 aliphatic carbocycles. The number of nitrogens with zero attached hydrogens (tertiary/aromatic N) is 2. The Morgan fingerprint density at radius 3 is 2.73 bits per heavy atom. The van der Waals surface area contributed by atoms with Gasteiger partial charge in [-0.2, -0.15) is 0 Å². The average Bonchev–Trinajstić information content (AvgIpc) is 3.21. The molecule has 0 spiro atoms. The van der Waals surface area contributed by atoms with Crippen LogP contribution in [0.4, 0.5) is 5.13 Å². The van der Waals surface area contributed by atoms with E-state index in [0.717, 1.165) is 17.6 Å². The fourth-order valence-electron chi connectivity index (χ4n) is 2.22. The number of nitrogens with one attached hydrogen (secondary N) is 1. The molecule has 3 rings (SSSR count). The van der Waals surface area contributed by atoms with Crippen LogP contribution >= 0.6 is 11.3 Å². The molecule has 136 valence electrons. The number of hydrogen-bond acceptors (Lipinski definition) is 7. The van der Waals surface area contributed by atoms with Gasteiger partial charge in [0.2, 0.25) is 5.91 Å². The molecule has 2 amide bonds. The third-order valence-electron chi connectivity index (χ3n) is 3.49. The van der Waals surface area contributed by atoms with Gasteiger partial charge in [0.05, 0.1) is 21.4 Å². The van der Waals surface area contributed by atoms with E-state index in [0.29, 0.717) is 15.3 Å². The van der Waals surface area contributed by atoms with Gasteiger partial charge < -0.3 is 14.6 Å². The zero-order chi connectivity index (χ0) is 18.9. The van der Waals surface area contributed by atoms with Gasteiger partial charge in [0.15, 0.2) is 20.7 Å². The molecule has 0 fully saturated rings. The first-order valence-electron chi connectivity index (χ1n) is 7.43. The Bertz CT molecular complexity index is 1070. The number of benzene rings is 1. The van der Waals surface area contributed by atoms with E-state index in [1.165, 1.54) is 36.4 Å². The van der Waals surface area contributed by atoms with Crippen molar-refractivity contribution < 1.29 is 22.4 Å². The molecule has 0 aliphatic rings. The highest BCUT2D eigenvalue weighted by Crippen LogP contribution is 2.28. The summed E-state index contributed by atoms with van der Waals surface area (Å²) in [7, 11) is -1.83. The van der Waals surface area contributed by atoms with Gasteiger partial charge in [-0.05, 0) is 30.3 Å². The zero-order valence-electron chi connectivity index (χ0n) is 13.9. The Hall–Kier alpha value is -2.72. The van der Waals surface area contributed by atoms with Crippen molar-refractivity contribution in [3.63, 3.8) is 0 Å². The smallest absolute Gasteiger partial charge is 0.289 e. The fraction of sp³-hybridized carbons (Fsp3) is 0.188. The van der Waals surface area contributed by atoms with Crippen molar-refractivity contribution in [1.29, 1.82) is 0 Å². The van der Waals surface area contributed by atoms with Crippen molar-refractivity contribution in [2.24, 2.45) is 0 Å². The van der Waals surface area contributed by atoms with Gasteiger partial charge in [-0.25, -0.2) is 13.4 Å². The highest BCUT2D eigenvalue weighted by atomic mass is 32.2. The number of sulfone groups is 1. The van der Waals surface area contributed by atoms with Crippen molar-refractivity contribution in [3.05, 3.63) is 42.4 Å². The maximum Gasteiger partial charge on any atom is 0.289 e. The topological polar surface area (TPSA) is 110 Å². The largest absolute Gasteiger partial charge is 0.459 e. The number of furan rings is 1. The summed E-state index contributed by atoms with van der Waals surface area (Å²) in [6, 6.07) is 7.68. The molecule has 0 aliphatic heterocycles. The summed E-state index contributed by atoms with van der Waals surface area (Å²) in [5.74, 6) is -0.685. The average molecular weight is 393 g/mol. The van der Waals surface area contributed by atoms with E-state index < -0.39 is 21.7 Å². The predicted octanol–water partition coefficient (Wildman–Crippen LogP) is 2.00. The third kappa shape index (κ3) is 3.92. The Morgan fingerprint density at radius 1 is 1.31 bits per heavy atom. The summed E-state index contributed by atoms with van der Waals surface area (Å²) in [5.41, 5.74) is 0.581. The molecule has 10 heteroatoms. The van der Waals surface area contributed by atoms with Crippen molar-refractivity contribution >= 4 is 48.3 Å². The van der Waals surface area contributed by atoms with E-state index in [9.17, 15) is 18.0 Å². The number of carbonyl (C=O) groups is 2. The summed E-state index contributed by atoms with van der Waals surface area (Å²) < 4.78 is 28.9. The van der Waals surface area contributed by atoms with Crippen LogP contribution in [0.5, 0.6) is 0 Å². The van der Waals surface area contributed by atoms with E-state index in [-0.39, 0.29) is 17.2 Å². The number of fused-ring (bicyclic) bond motifs is 1. The molecular formula is C16H15N3O5S2. The van der Waals surface area contributed by atoms with Crippen molar-refractivity contribution in [1.82, 2.24) is 9.88 Å². The monoisotopic (exact) mass is 393 g/mol. The first kappa shape index (κ1) is 18.1. The Balaban J connectivity index is 1.70. The first-order chi connectivity index (χ1) is 12.2. The normalized spacial score (nSPS) is 11.5. The number of rotatable bonds is 5. The number of anilines is 1. The minimum absolute atomic E-state index is 0.147.